The average Bonchev–Trinajstić information content (AvgIpc) is 2.82. The van der Waals surface area contributed by atoms with Crippen molar-refractivity contribution in [3.8, 4) is 6.07 Å². The maximum absolute atomic E-state index is 9.35. The summed E-state index contributed by atoms with van der Waals surface area (Å²) < 4.78 is 7.09. The lowest BCUT2D eigenvalue weighted by atomic mass is 10.2. The molecule has 2 heterocycles. The number of nitriles is 1. The van der Waals surface area contributed by atoms with Crippen molar-refractivity contribution in [2.45, 2.75) is 17.9 Å². The predicted octanol–water partition coefficient (Wildman–Crippen LogP) is -0.0656. The van der Waals surface area contributed by atoms with Gasteiger partial charge in [0.1, 0.15) is 36.7 Å². The van der Waals surface area contributed by atoms with E-state index in [2.05, 4.69) is 16.0 Å². The summed E-state index contributed by atoms with van der Waals surface area (Å²) in [7, 11) is 0. The quantitative estimate of drug-likeness (QED) is 0.632. The third-order valence-electron chi connectivity index (χ3n) is 2.97. The SMILES string of the molecule is CSc1c(C#N)c2c(N)ncnc2n1COC(CO)CO. The van der Waals surface area contributed by atoms with Crippen molar-refractivity contribution < 1.29 is 14.9 Å². The standard InChI is InChI=1S/C12H15N5O3S/c1-21-12-8(2-13)9-10(14)15-5-16-11(9)17(12)6-20-7(3-18)4-19/h5,7,18-19H,3-4,6H2,1H3,(H2,14,15,16). The van der Waals surface area contributed by atoms with Gasteiger partial charge in [0, 0.05) is 0 Å². The number of hydrogen-bond acceptors (Lipinski definition) is 8. The first-order chi connectivity index (χ1) is 10.2. The Morgan fingerprint density at radius 2 is 2.19 bits per heavy atom. The van der Waals surface area contributed by atoms with Crippen LogP contribution in [0.4, 0.5) is 5.82 Å². The molecule has 0 amide bonds. The third-order valence-corrected chi connectivity index (χ3v) is 3.78. The highest BCUT2D eigenvalue weighted by molar-refractivity contribution is 7.98. The van der Waals surface area contributed by atoms with Crippen LogP contribution in [0.25, 0.3) is 11.0 Å². The van der Waals surface area contributed by atoms with Crippen LogP contribution in [-0.4, -0.2) is 50.3 Å². The third kappa shape index (κ3) is 2.79. The second-order valence-corrected chi connectivity index (χ2v) is 4.96. The van der Waals surface area contributed by atoms with Gasteiger partial charge in [-0.05, 0) is 6.26 Å². The number of fused-ring (bicyclic) bond motifs is 1. The van der Waals surface area contributed by atoms with E-state index >= 15 is 0 Å². The van der Waals surface area contributed by atoms with Crippen molar-refractivity contribution in [1.29, 1.82) is 5.26 Å². The molecule has 0 aliphatic heterocycles. The number of aromatic nitrogens is 3. The Hall–Kier alpha value is -1.86. The van der Waals surface area contributed by atoms with Gasteiger partial charge in [-0.1, -0.05) is 0 Å². The van der Waals surface area contributed by atoms with Crippen molar-refractivity contribution in [3.05, 3.63) is 11.9 Å². The lowest BCUT2D eigenvalue weighted by Crippen LogP contribution is -2.23. The number of nitrogens with two attached hydrogens (primary N) is 1. The van der Waals surface area contributed by atoms with Crippen LogP contribution in [0, 0.1) is 11.3 Å². The van der Waals surface area contributed by atoms with Gasteiger partial charge in [0.25, 0.3) is 0 Å². The lowest BCUT2D eigenvalue weighted by Gasteiger charge is -2.15. The van der Waals surface area contributed by atoms with Gasteiger partial charge in [-0.2, -0.15) is 5.26 Å². The number of nitrogen functional groups attached to an aromatic ring is 1. The monoisotopic (exact) mass is 309 g/mol. The first kappa shape index (κ1) is 15.5. The van der Waals surface area contributed by atoms with E-state index in [1.54, 1.807) is 4.57 Å². The van der Waals surface area contributed by atoms with E-state index < -0.39 is 6.10 Å². The molecule has 0 fully saturated rings. The highest BCUT2D eigenvalue weighted by Crippen LogP contribution is 2.33. The number of aliphatic hydroxyl groups is 2. The molecular formula is C12H15N5O3S. The van der Waals surface area contributed by atoms with Gasteiger partial charge in [-0.25, -0.2) is 9.97 Å². The van der Waals surface area contributed by atoms with E-state index in [0.717, 1.165) is 0 Å². The number of thioether (sulfide) groups is 1. The molecule has 4 N–H and O–H groups in total. The van der Waals surface area contributed by atoms with Crippen molar-refractivity contribution in [2.24, 2.45) is 0 Å². The fourth-order valence-corrected chi connectivity index (χ4v) is 2.66. The Balaban J connectivity index is 2.52. The average molecular weight is 309 g/mol. The molecule has 2 rings (SSSR count). The summed E-state index contributed by atoms with van der Waals surface area (Å²) in [6.45, 7) is -0.560. The fourth-order valence-electron chi connectivity index (χ4n) is 1.95. The number of ether oxygens (including phenoxy) is 1. The summed E-state index contributed by atoms with van der Waals surface area (Å²) in [5.74, 6) is 0.228. The largest absolute Gasteiger partial charge is 0.394 e. The molecule has 112 valence electrons. The van der Waals surface area contributed by atoms with Crippen molar-refractivity contribution in [2.75, 3.05) is 25.2 Å². The molecule has 0 radical (unpaired) electrons. The summed E-state index contributed by atoms with van der Waals surface area (Å²) in [5.41, 5.74) is 6.71. The lowest BCUT2D eigenvalue weighted by molar-refractivity contribution is -0.0508. The number of rotatable bonds is 6. The number of nitrogens with zero attached hydrogens (tertiary/aromatic N) is 4. The highest BCUT2D eigenvalue weighted by Gasteiger charge is 2.21. The zero-order valence-corrected chi connectivity index (χ0v) is 12.2. The number of hydrogen-bond donors (Lipinski definition) is 3. The van der Waals surface area contributed by atoms with Crippen LogP contribution in [-0.2, 0) is 11.5 Å². The Kier molecular flexibility index (Phi) is 4.98. The van der Waals surface area contributed by atoms with Crippen LogP contribution in [0.3, 0.4) is 0 Å². The van der Waals surface area contributed by atoms with Gasteiger partial charge < -0.3 is 20.7 Å². The molecule has 0 saturated heterocycles. The van der Waals surface area contributed by atoms with E-state index in [1.165, 1.54) is 18.1 Å². The van der Waals surface area contributed by atoms with Crippen LogP contribution < -0.4 is 5.73 Å². The van der Waals surface area contributed by atoms with E-state index in [9.17, 15) is 5.26 Å². The summed E-state index contributed by atoms with van der Waals surface area (Å²) >= 11 is 1.36. The molecule has 2 aromatic heterocycles. The summed E-state index contributed by atoms with van der Waals surface area (Å²) in [6.07, 6.45) is 2.45. The van der Waals surface area contributed by atoms with Crippen molar-refractivity contribution in [1.82, 2.24) is 14.5 Å². The molecule has 0 aromatic carbocycles. The molecule has 0 unspecified atom stereocenters. The summed E-state index contributed by atoms with van der Waals surface area (Å²) in [4.78, 5) is 8.06. The van der Waals surface area contributed by atoms with Crippen molar-refractivity contribution >= 4 is 28.6 Å². The molecule has 0 spiro atoms. The molecule has 2 aromatic rings. The van der Waals surface area contributed by atoms with Crippen LogP contribution >= 0.6 is 11.8 Å². The van der Waals surface area contributed by atoms with Gasteiger partial charge >= 0.3 is 0 Å². The van der Waals surface area contributed by atoms with E-state index in [0.29, 0.717) is 21.6 Å². The number of anilines is 1. The molecule has 0 saturated carbocycles. The maximum Gasteiger partial charge on any atom is 0.149 e. The van der Waals surface area contributed by atoms with Gasteiger partial charge in [0.15, 0.2) is 0 Å². The fraction of sp³-hybridized carbons (Fsp3) is 0.417. The first-order valence-corrected chi connectivity index (χ1v) is 7.30. The van der Waals surface area contributed by atoms with Crippen molar-refractivity contribution in [3.63, 3.8) is 0 Å². The first-order valence-electron chi connectivity index (χ1n) is 6.08. The minimum Gasteiger partial charge on any atom is -0.394 e. The van der Waals surface area contributed by atoms with E-state index in [1.807, 2.05) is 6.26 Å². The Morgan fingerprint density at radius 3 is 2.76 bits per heavy atom. The minimum atomic E-state index is -0.693. The molecule has 9 heteroatoms. The second kappa shape index (κ2) is 6.73. The molecular weight excluding hydrogens is 294 g/mol. The van der Waals surface area contributed by atoms with Crippen LogP contribution in [0.15, 0.2) is 11.4 Å². The van der Waals surface area contributed by atoms with Crippen LogP contribution in [0.2, 0.25) is 0 Å². The van der Waals surface area contributed by atoms with E-state index in [4.69, 9.17) is 20.7 Å². The topological polar surface area (TPSA) is 130 Å². The molecule has 0 bridgehead atoms. The highest BCUT2D eigenvalue weighted by atomic mass is 32.2. The zero-order valence-electron chi connectivity index (χ0n) is 11.4. The van der Waals surface area contributed by atoms with Gasteiger partial charge in [0.2, 0.25) is 0 Å². The van der Waals surface area contributed by atoms with Gasteiger partial charge in [0.05, 0.1) is 29.2 Å². The zero-order chi connectivity index (χ0) is 15.4. The Labute approximate surface area is 125 Å². The Bertz CT molecular complexity index is 678. The smallest absolute Gasteiger partial charge is 0.149 e. The molecule has 0 aliphatic rings. The van der Waals surface area contributed by atoms with Crippen LogP contribution in [0.1, 0.15) is 5.56 Å². The second-order valence-electron chi connectivity index (χ2n) is 4.16. The van der Waals surface area contributed by atoms with Crippen LogP contribution in [0.5, 0.6) is 0 Å². The molecule has 0 atom stereocenters. The molecule has 0 aliphatic carbocycles. The number of aliphatic hydroxyl groups excluding tert-OH is 2. The maximum atomic E-state index is 9.35. The summed E-state index contributed by atoms with van der Waals surface area (Å²) in [6, 6.07) is 2.11. The predicted molar refractivity (Wildman–Crippen MR) is 77.5 cm³/mol. The van der Waals surface area contributed by atoms with Gasteiger partial charge in [-0.3, -0.25) is 4.57 Å². The minimum absolute atomic E-state index is 0.0383. The molecule has 8 nitrogen and oxygen atoms in total. The Morgan fingerprint density at radius 1 is 1.48 bits per heavy atom. The van der Waals surface area contributed by atoms with E-state index in [-0.39, 0.29) is 25.8 Å². The molecule has 21 heavy (non-hydrogen) atoms. The van der Waals surface area contributed by atoms with Gasteiger partial charge in [-0.15, -0.1) is 11.8 Å². The normalized spacial score (nSPS) is 11.2. The summed E-state index contributed by atoms with van der Waals surface area (Å²) in [5, 5.41) is 28.6.